The van der Waals surface area contributed by atoms with Gasteiger partial charge in [-0.05, 0) is 61.4 Å². The number of ether oxygens (including phenoxy) is 1. The Kier molecular flexibility index (Phi) is 6.37. The summed E-state index contributed by atoms with van der Waals surface area (Å²) in [6, 6.07) is 11.3. The number of hydrogen-bond acceptors (Lipinski definition) is 4. The summed E-state index contributed by atoms with van der Waals surface area (Å²) in [5, 5.41) is 2.52. The Morgan fingerprint density at radius 2 is 1.79 bits per heavy atom. The maximum absolute atomic E-state index is 12.8. The van der Waals surface area contributed by atoms with Crippen molar-refractivity contribution in [2.45, 2.75) is 18.7 Å². The van der Waals surface area contributed by atoms with Gasteiger partial charge in [0.15, 0.2) is 6.61 Å². The molecule has 1 amide bonds. The van der Waals surface area contributed by atoms with Crippen LogP contribution in [0.5, 0.6) is 0 Å². The fourth-order valence-electron chi connectivity index (χ4n) is 1.86. The Morgan fingerprint density at radius 1 is 1.08 bits per heavy atom. The molecule has 2 aromatic rings. The molecule has 24 heavy (non-hydrogen) atoms. The summed E-state index contributed by atoms with van der Waals surface area (Å²) in [6.45, 7) is 3.67. The zero-order valence-electron chi connectivity index (χ0n) is 13.5. The predicted molar refractivity (Wildman–Crippen MR) is 92.6 cm³/mol. The maximum Gasteiger partial charge on any atom is 0.316 e. The molecule has 0 aromatic heterocycles. The lowest BCUT2D eigenvalue weighted by molar-refractivity contribution is -0.144. The van der Waals surface area contributed by atoms with Gasteiger partial charge in [0.2, 0.25) is 0 Å². The van der Waals surface area contributed by atoms with Gasteiger partial charge in [-0.2, -0.15) is 0 Å². The highest BCUT2D eigenvalue weighted by Crippen LogP contribution is 2.21. The van der Waals surface area contributed by atoms with Gasteiger partial charge in [0, 0.05) is 10.6 Å². The van der Waals surface area contributed by atoms with Crippen molar-refractivity contribution in [1.82, 2.24) is 0 Å². The van der Waals surface area contributed by atoms with E-state index in [1.165, 1.54) is 41.6 Å². The molecule has 0 aliphatic carbocycles. The largest absolute Gasteiger partial charge is 0.455 e. The van der Waals surface area contributed by atoms with E-state index in [0.717, 1.165) is 10.5 Å². The second-order valence-electron chi connectivity index (χ2n) is 5.25. The molecular weight excluding hydrogens is 329 g/mol. The smallest absolute Gasteiger partial charge is 0.316 e. The van der Waals surface area contributed by atoms with Gasteiger partial charge in [-0.3, -0.25) is 9.59 Å². The zero-order valence-corrected chi connectivity index (χ0v) is 14.3. The highest BCUT2D eigenvalue weighted by Gasteiger charge is 2.09. The molecule has 0 bridgehead atoms. The van der Waals surface area contributed by atoms with E-state index in [9.17, 15) is 14.0 Å². The van der Waals surface area contributed by atoms with Gasteiger partial charge >= 0.3 is 5.97 Å². The third-order valence-electron chi connectivity index (χ3n) is 3.33. The van der Waals surface area contributed by atoms with Crippen LogP contribution < -0.4 is 5.32 Å². The molecular formula is C18H18FNO3S. The predicted octanol–water partition coefficient (Wildman–Crippen LogP) is 3.72. The minimum atomic E-state index is -0.467. The molecule has 0 saturated carbocycles. The van der Waals surface area contributed by atoms with Crippen LogP contribution in [0, 0.1) is 19.7 Å². The van der Waals surface area contributed by atoms with Crippen molar-refractivity contribution in [2.75, 3.05) is 17.7 Å². The van der Waals surface area contributed by atoms with Gasteiger partial charge < -0.3 is 10.1 Å². The van der Waals surface area contributed by atoms with Crippen LogP contribution >= 0.6 is 11.8 Å². The molecule has 2 rings (SSSR count). The van der Waals surface area contributed by atoms with Crippen LogP contribution in [-0.4, -0.2) is 24.2 Å². The Balaban J connectivity index is 1.73. The van der Waals surface area contributed by atoms with E-state index in [2.05, 4.69) is 5.32 Å². The first-order valence-corrected chi connectivity index (χ1v) is 8.33. The molecule has 0 atom stereocenters. The first-order chi connectivity index (χ1) is 11.4. The molecule has 0 unspecified atom stereocenters. The van der Waals surface area contributed by atoms with Crippen molar-refractivity contribution in [1.29, 1.82) is 0 Å². The molecule has 126 valence electrons. The summed E-state index contributed by atoms with van der Waals surface area (Å²) in [5.74, 6) is -1.19. The minimum absolute atomic E-state index is 0.131. The van der Waals surface area contributed by atoms with Gasteiger partial charge in [-0.25, -0.2) is 4.39 Å². The average molecular weight is 347 g/mol. The van der Waals surface area contributed by atoms with Crippen molar-refractivity contribution in [3.05, 3.63) is 59.4 Å². The maximum atomic E-state index is 12.8. The van der Waals surface area contributed by atoms with Crippen LogP contribution in [0.25, 0.3) is 0 Å². The van der Waals surface area contributed by atoms with E-state index in [4.69, 9.17) is 4.74 Å². The Morgan fingerprint density at radius 3 is 2.46 bits per heavy atom. The third-order valence-corrected chi connectivity index (χ3v) is 4.29. The lowest BCUT2D eigenvalue weighted by Gasteiger charge is -2.07. The minimum Gasteiger partial charge on any atom is -0.455 e. The molecule has 0 radical (unpaired) electrons. The van der Waals surface area contributed by atoms with E-state index in [1.807, 2.05) is 32.0 Å². The van der Waals surface area contributed by atoms with Crippen LogP contribution in [0.2, 0.25) is 0 Å². The van der Waals surface area contributed by atoms with E-state index in [0.29, 0.717) is 5.69 Å². The molecule has 0 fully saturated rings. The van der Waals surface area contributed by atoms with Crippen molar-refractivity contribution < 1.29 is 18.7 Å². The summed E-state index contributed by atoms with van der Waals surface area (Å²) < 4.78 is 17.7. The van der Waals surface area contributed by atoms with E-state index >= 15 is 0 Å². The number of amides is 1. The summed E-state index contributed by atoms with van der Waals surface area (Å²) in [4.78, 5) is 24.3. The first kappa shape index (κ1) is 18.0. The second kappa shape index (κ2) is 8.49. The van der Waals surface area contributed by atoms with Crippen LogP contribution in [0.4, 0.5) is 10.1 Å². The summed E-state index contributed by atoms with van der Waals surface area (Å²) in [7, 11) is 0. The number of esters is 1. The number of carbonyl (C=O) groups excluding carboxylic acids is 2. The van der Waals surface area contributed by atoms with Gasteiger partial charge in [0.25, 0.3) is 5.91 Å². The van der Waals surface area contributed by atoms with Crippen molar-refractivity contribution in [3.63, 3.8) is 0 Å². The lowest BCUT2D eigenvalue weighted by atomic mass is 10.1. The van der Waals surface area contributed by atoms with Crippen LogP contribution in [0.3, 0.4) is 0 Å². The molecule has 0 saturated heterocycles. The standard InChI is InChI=1S/C18H18FNO3S/c1-12-3-8-16(9-13(12)2)24-11-18(22)23-10-17(21)20-15-6-4-14(19)5-7-15/h3-9H,10-11H2,1-2H3,(H,20,21). The zero-order chi connectivity index (χ0) is 17.5. The van der Waals surface area contributed by atoms with Gasteiger partial charge in [0.05, 0.1) is 5.75 Å². The molecule has 0 heterocycles. The van der Waals surface area contributed by atoms with Crippen LogP contribution in [-0.2, 0) is 14.3 Å². The van der Waals surface area contributed by atoms with E-state index in [-0.39, 0.29) is 18.2 Å². The lowest BCUT2D eigenvalue weighted by Crippen LogP contribution is -2.21. The monoisotopic (exact) mass is 347 g/mol. The van der Waals surface area contributed by atoms with Gasteiger partial charge in [-0.1, -0.05) is 6.07 Å². The van der Waals surface area contributed by atoms with Crippen molar-refractivity contribution in [3.8, 4) is 0 Å². The molecule has 2 aromatic carbocycles. The Bertz CT molecular complexity index is 732. The quantitative estimate of drug-likeness (QED) is 0.639. The first-order valence-electron chi connectivity index (χ1n) is 7.35. The molecule has 0 aliphatic rings. The van der Waals surface area contributed by atoms with E-state index < -0.39 is 11.9 Å². The Labute approximate surface area is 144 Å². The molecule has 0 spiro atoms. The fourth-order valence-corrected chi connectivity index (χ4v) is 2.66. The molecule has 4 nitrogen and oxygen atoms in total. The summed E-state index contributed by atoms with van der Waals surface area (Å²) in [5.41, 5.74) is 2.80. The third kappa shape index (κ3) is 5.70. The topological polar surface area (TPSA) is 55.4 Å². The number of anilines is 1. The fraction of sp³-hybridized carbons (Fsp3) is 0.222. The van der Waals surface area contributed by atoms with Gasteiger partial charge in [-0.15, -0.1) is 11.8 Å². The number of nitrogens with one attached hydrogen (secondary N) is 1. The normalized spacial score (nSPS) is 10.3. The van der Waals surface area contributed by atoms with Gasteiger partial charge in [0.1, 0.15) is 5.82 Å². The SMILES string of the molecule is Cc1ccc(SCC(=O)OCC(=O)Nc2ccc(F)cc2)cc1C. The molecule has 1 N–H and O–H groups in total. The van der Waals surface area contributed by atoms with Crippen LogP contribution in [0.15, 0.2) is 47.4 Å². The summed E-state index contributed by atoms with van der Waals surface area (Å²) >= 11 is 1.36. The van der Waals surface area contributed by atoms with Crippen LogP contribution in [0.1, 0.15) is 11.1 Å². The summed E-state index contributed by atoms with van der Waals surface area (Å²) in [6.07, 6.45) is 0. The second-order valence-corrected chi connectivity index (χ2v) is 6.30. The van der Waals surface area contributed by atoms with E-state index in [1.54, 1.807) is 0 Å². The number of thioether (sulfide) groups is 1. The van der Waals surface area contributed by atoms with Crippen molar-refractivity contribution in [2.24, 2.45) is 0 Å². The average Bonchev–Trinajstić information content (AvgIpc) is 2.56. The number of carbonyl (C=O) groups is 2. The number of hydrogen-bond donors (Lipinski definition) is 1. The highest BCUT2D eigenvalue weighted by molar-refractivity contribution is 8.00. The number of halogens is 1. The number of aryl methyl sites for hydroxylation is 2. The highest BCUT2D eigenvalue weighted by atomic mass is 32.2. The van der Waals surface area contributed by atoms with Crippen molar-refractivity contribution >= 4 is 29.3 Å². The Hall–Kier alpha value is -2.34. The molecule has 0 aliphatic heterocycles. The molecule has 6 heteroatoms. The number of rotatable bonds is 6. The number of benzene rings is 2.